The lowest BCUT2D eigenvalue weighted by Crippen LogP contribution is -2.75. The molecular formula is C20H20N4O5. The zero-order valence-corrected chi connectivity index (χ0v) is 16.0. The number of pyridine rings is 1. The summed E-state index contributed by atoms with van der Waals surface area (Å²) in [7, 11) is 0. The maximum absolute atomic E-state index is 13.1. The summed E-state index contributed by atoms with van der Waals surface area (Å²) in [5, 5.41) is 4.56. The van der Waals surface area contributed by atoms with Crippen molar-refractivity contribution in [3.8, 4) is 11.5 Å². The minimum atomic E-state index is -1.48. The largest absolute Gasteiger partial charge is 0.463 e. The first-order valence-electron chi connectivity index (χ1n) is 9.52. The van der Waals surface area contributed by atoms with Crippen LogP contribution in [0.25, 0.3) is 11.5 Å². The van der Waals surface area contributed by atoms with Crippen molar-refractivity contribution in [3.05, 3.63) is 36.2 Å². The predicted octanol–water partition coefficient (Wildman–Crippen LogP) is 1.23. The van der Waals surface area contributed by atoms with Gasteiger partial charge in [0.25, 0.3) is 0 Å². The molecule has 9 nitrogen and oxygen atoms in total. The van der Waals surface area contributed by atoms with E-state index >= 15 is 0 Å². The van der Waals surface area contributed by atoms with Crippen molar-refractivity contribution in [3.63, 3.8) is 0 Å². The van der Waals surface area contributed by atoms with Crippen LogP contribution in [0.4, 0.5) is 10.5 Å². The summed E-state index contributed by atoms with van der Waals surface area (Å²) in [6.07, 6.45) is 2.95. The molecule has 3 aliphatic heterocycles. The molecule has 0 aliphatic carbocycles. The fourth-order valence-electron chi connectivity index (χ4n) is 4.89. The molecule has 29 heavy (non-hydrogen) atoms. The molecule has 2 aromatic heterocycles. The molecule has 2 saturated heterocycles. The average molecular weight is 396 g/mol. The number of barbiturate groups is 1. The summed E-state index contributed by atoms with van der Waals surface area (Å²) in [6.45, 7) is 4.30. The second-order valence-corrected chi connectivity index (χ2v) is 7.81. The first kappa shape index (κ1) is 17.9. The number of carbonyl (C=O) groups is 3. The van der Waals surface area contributed by atoms with Crippen LogP contribution in [-0.2, 0) is 20.7 Å². The number of anilines is 1. The summed E-state index contributed by atoms with van der Waals surface area (Å²) < 4.78 is 11.4. The van der Waals surface area contributed by atoms with E-state index in [1.54, 1.807) is 24.6 Å². The Hall–Kier alpha value is -3.20. The van der Waals surface area contributed by atoms with Crippen molar-refractivity contribution in [2.24, 2.45) is 5.41 Å². The Morgan fingerprint density at radius 1 is 1.21 bits per heavy atom. The van der Waals surface area contributed by atoms with E-state index in [2.05, 4.69) is 15.6 Å². The van der Waals surface area contributed by atoms with Crippen LogP contribution in [0.15, 0.2) is 35.1 Å². The van der Waals surface area contributed by atoms with Gasteiger partial charge in [-0.2, -0.15) is 0 Å². The van der Waals surface area contributed by atoms with Gasteiger partial charge in [0.05, 0.1) is 36.4 Å². The van der Waals surface area contributed by atoms with E-state index in [4.69, 9.17) is 9.15 Å². The van der Waals surface area contributed by atoms with Crippen LogP contribution >= 0.6 is 0 Å². The number of rotatable bonds is 1. The van der Waals surface area contributed by atoms with Gasteiger partial charge in [-0.1, -0.05) is 0 Å². The molecule has 1 spiro atoms. The molecule has 0 unspecified atom stereocenters. The molecule has 4 amide bonds. The minimum absolute atomic E-state index is 0.0923. The Kier molecular flexibility index (Phi) is 3.79. The predicted molar refractivity (Wildman–Crippen MR) is 101 cm³/mol. The Balaban J connectivity index is 1.69. The number of fused-ring (bicyclic) bond motifs is 4. The van der Waals surface area contributed by atoms with Gasteiger partial charge < -0.3 is 14.1 Å². The Morgan fingerprint density at radius 3 is 2.66 bits per heavy atom. The third kappa shape index (κ3) is 2.50. The number of ether oxygens (including phenoxy) is 1. The van der Waals surface area contributed by atoms with E-state index in [0.29, 0.717) is 18.0 Å². The normalized spacial score (nSPS) is 27.9. The number of amides is 4. The van der Waals surface area contributed by atoms with Crippen LogP contribution in [0.3, 0.4) is 0 Å². The molecule has 0 saturated carbocycles. The van der Waals surface area contributed by atoms with Crippen LogP contribution in [0.2, 0.25) is 0 Å². The molecule has 2 N–H and O–H groups in total. The van der Waals surface area contributed by atoms with Gasteiger partial charge in [0.15, 0.2) is 11.2 Å². The van der Waals surface area contributed by atoms with Gasteiger partial charge in [-0.15, -0.1) is 0 Å². The van der Waals surface area contributed by atoms with Crippen LogP contribution in [0.5, 0.6) is 0 Å². The average Bonchev–Trinajstić information content (AvgIpc) is 3.20. The highest BCUT2D eigenvalue weighted by Gasteiger charge is 2.62. The fraction of sp³-hybridized carbons (Fsp3) is 0.400. The number of urea groups is 1. The first-order valence-corrected chi connectivity index (χ1v) is 9.52. The number of hydrogen-bond donors (Lipinski definition) is 2. The number of furan rings is 1. The van der Waals surface area contributed by atoms with E-state index in [-0.39, 0.29) is 12.5 Å². The van der Waals surface area contributed by atoms with E-state index in [1.807, 2.05) is 24.8 Å². The standard InChI is InChI=1S/C20H20N4O5/c1-10-9-24-14-8-21-13(15-4-3-5-28-15)6-12(14)7-20(16(24)11(2)29-10)17(25)22-19(27)23-18(20)26/h3-6,8,10-11,16H,7,9H2,1-2H3,(H2,22,23,25,26,27)/t10-,11+,16-/m1/s1. The van der Waals surface area contributed by atoms with E-state index in [1.165, 1.54) is 0 Å². The molecule has 0 radical (unpaired) electrons. The van der Waals surface area contributed by atoms with Gasteiger partial charge in [0, 0.05) is 13.0 Å². The van der Waals surface area contributed by atoms with Crippen LogP contribution in [0, 0.1) is 5.41 Å². The number of nitrogens with one attached hydrogen (secondary N) is 2. The van der Waals surface area contributed by atoms with Gasteiger partial charge >= 0.3 is 6.03 Å². The van der Waals surface area contributed by atoms with Gasteiger partial charge in [-0.3, -0.25) is 25.2 Å². The second-order valence-electron chi connectivity index (χ2n) is 7.81. The number of carbonyl (C=O) groups excluding carboxylic acids is 3. The molecule has 2 fully saturated rings. The molecule has 2 aromatic rings. The lowest BCUT2D eigenvalue weighted by atomic mass is 9.67. The summed E-state index contributed by atoms with van der Waals surface area (Å²) in [5.74, 6) is -0.609. The molecule has 5 rings (SSSR count). The zero-order valence-electron chi connectivity index (χ0n) is 16.0. The van der Waals surface area contributed by atoms with Crippen molar-refractivity contribution in [2.45, 2.75) is 38.5 Å². The molecule has 0 bridgehead atoms. The van der Waals surface area contributed by atoms with Crippen molar-refractivity contribution in [1.29, 1.82) is 0 Å². The Morgan fingerprint density at radius 2 is 1.97 bits per heavy atom. The van der Waals surface area contributed by atoms with Gasteiger partial charge in [-0.25, -0.2) is 4.79 Å². The van der Waals surface area contributed by atoms with Gasteiger partial charge in [0.1, 0.15) is 5.69 Å². The van der Waals surface area contributed by atoms with E-state index < -0.39 is 35.4 Å². The van der Waals surface area contributed by atoms with E-state index in [9.17, 15) is 14.4 Å². The molecular weight excluding hydrogens is 376 g/mol. The maximum Gasteiger partial charge on any atom is 0.328 e. The summed E-state index contributed by atoms with van der Waals surface area (Å²) in [6, 6.07) is 4.05. The summed E-state index contributed by atoms with van der Waals surface area (Å²) >= 11 is 0. The van der Waals surface area contributed by atoms with Crippen molar-refractivity contribution in [1.82, 2.24) is 15.6 Å². The highest BCUT2D eigenvalue weighted by Crippen LogP contribution is 2.47. The molecule has 3 aliphatic rings. The maximum atomic E-state index is 13.1. The van der Waals surface area contributed by atoms with Crippen molar-refractivity contribution >= 4 is 23.5 Å². The minimum Gasteiger partial charge on any atom is -0.463 e. The van der Waals surface area contributed by atoms with Crippen LogP contribution < -0.4 is 15.5 Å². The molecule has 9 heteroatoms. The monoisotopic (exact) mass is 396 g/mol. The Bertz CT molecular complexity index is 998. The highest BCUT2D eigenvalue weighted by atomic mass is 16.5. The zero-order chi connectivity index (χ0) is 20.3. The highest BCUT2D eigenvalue weighted by molar-refractivity contribution is 6.20. The fourth-order valence-corrected chi connectivity index (χ4v) is 4.89. The summed E-state index contributed by atoms with van der Waals surface area (Å²) in [5.41, 5.74) is 0.783. The number of morpholine rings is 1. The third-order valence-electron chi connectivity index (χ3n) is 5.97. The quantitative estimate of drug-likeness (QED) is 0.697. The van der Waals surface area contributed by atoms with Crippen LogP contribution in [-0.4, -0.2) is 47.6 Å². The lowest BCUT2D eigenvalue weighted by molar-refractivity contribution is -0.153. The van der Waals surface area contributed by atoms with Crippen LogP contribution in [0.1, 0.15) is 19.4 Å². The van der Waals surface area contributed by atoms with E-state index in [0.717, 1.165) is 11.3 Å². The lowest BCUT2D eigenvalue weighted by Gasteiger charge is -2.55. The first-order chi connectivity index (χ1) is 13.9. The van der Waals surface area contributed by atoms with Crippen molar-refractivity contribution in [2.75, 3.05) is 11.4 Å². The summed E-state index contributed by atoms with van der Waals surface area (Å²) in [4.78, 5) is 44.5. The molecule has 5 heterocycles. The van der Waals surface area contributed by atoms with Crippen molar-refractivity contribution < 1.29 is 23.5 Å². The number of nitrogens with zero attached hydrogens (tertiary/aromatic N) is 2. The molecule has 3 atom stereocenters. The SMILES string of the molecule is C[C@@H]1CN2c3cnc(-c4ccco4)cc3CC3(C(=O)NC(=O)NC3=O)[C@H]2[C@H](C)O1. The topological polar surface area (TPSA) is 114 Å². The molecule has 0 aromatic carbocycles. The number of imide groups is 2. The molecule has 150 valence electrons. The number of hydrogen-bond acceptors (Lipinski definition) is 7. The smallest absolute Gasteiger partial charge is 0.328 e. The van der Waals surface area contributed by atoms with Gasteiger partial charge in [-0.05, 0) is 37.6 Å². The number of aromatic nitrogens is 1. The second kappa shape index (κ2) is 6.15. The third-order valence-corrected chi connectivity index (χ3v) is 5.97. The Labute approximate surface area is 166 Å². The van der Waals surface area contributed by atoms with Gasteiger partial charge in [0.2, 0.25) is 11.8 Å².